The number of thioether (sulfide) groups is 1. The van der Waals surface area contributed by atoms with Gasteiger partial charge in [-0.25, -0.2) is 0 Å². The molecule has 0 amide bonds. The van der Waals surface area contributed by atoms with Crippen LogP contribution in [0, 0.1) is 5.92 Å². The van der Waals surface area contributed by atoms with Crippen molar-refractivity contribution in [3.05, 3.63) is 0 Å². The highest BCUT2D eigenvalue weighted by molar-refractivity contribution is 7.99. The van der Waals surface area contributed by atoms with Gasteiger partial charge in [-0.2, -0.15) is 11.8 Å². The Morgan fingerprint density at radius 1 is 1.36 bits per heavy atom. The van der Waals surface area contributed by atoms with E-state index in [-0.39, 0.29) is 12.0 Å². The number of rotatable bonds is 2. The lowest BCUT2D eigenvalue weighted by Crippen LogP contribution is -2.48. The van der Waals surface area contributed by atoms with E-state index in [0.717, 1.165) is 37.8 Å². The largest absolute Gasteiger partial charge is 0.481 e. The predicted molar refractivity (Wildman–Crippen MR) is 54.6 cm³/mol. The van der Waals surface area contributed by atoms with Crippen molar-refractivity contribution in [2.75, 3.05) is 37.8 Å². The van der Waals surface area contributed by atoms with Crippen LogP contribution >= 0.6 is 11.8 Å². The van der Waals surface area contributed by atoms with Crippen LogP contribution in [0.1, 0.15) is 0 Å². The first kappa shape index (κ1) is 10.3. The molecule has 1 N–H and O–H groups in total. The molecule has 5 heteroatoms. The zero-order valence-electron chi connectivity index (χ0n) is 8.02. The van der Waals surface area contributed by atoms with Gasteiger partial charge < -0.3 is 9.84 Å². The molecule has 14 heavy (non-hydrogen) atoms. The summed E-state index contributed by atoms with van der Waals surface area (Å²) in [6.45, 7) is 3.25. The molecule has 0 aliphatic carbocycles. The molecule has 2 atom stereocenters. The molecule has 0 bridgehead atoms. The summed E-state index contributed by atoms with van der Waals surface area (Å²) in [6.07, 6.45) is 0. The minimum absolute atomic E-state index is 0.182. The number of carboxylic acids is 1. The van der Waals surface area contributed by atoms with E-state index in [0.29, 0.717) is 0 Å². The summed E-state index contributed by atoms with van der Waals surface area (Å²) in [5.74, 6) is 0.888. The van der Waals surface area contributed by atoms with Crippen LogP contribution in [0.25, 0.3) is 0 Å². The van der Waals surface area contributed by atoms with Crippen molar-refractivity contribution in [1.29, 1.82) is 0 Å². The van der Waals surface area contributed by atoms with E-state index in [1.807, 2.05) is 0 Å². The van der Waals surface area contributed by atoms with Gasteiger partial charge in [0, 0.05) is 30.6 Å². The van der Waals surface area contributed by atoms with Crippen LogP contribution in [-0.2, 0) is 9.53 Å². The zero-order chi connectivity index (χ0) is 9.97. The summed E-state index contributed by atoms with van der Waals surface area (Å²) >= 11 is 1.75. The van der Waals surface area contributed by atoms with E-state index in [1.54, 1.807) is 11.8 Å². The van der Waals surface area contributed by atoms with E-state index < -0.39 is 5.97 Å². The van der Waals surface area contributed by atoms with Crippen molar-refractivity contribution < 1.29 is 14.6 Å². The predicted octanol–water partition coefficient (Wildman–Crippen LogP) is 0.135. The topological polar surface area (TPSA) is 49.8 Å². The molecule has 0 radical (unpaired) electrons. The summed E-state index contributed by atoms with van der Waals surface area (Å²) in [5, 5.41) is 9.04. The van der Waals surface area contributed by atoms with E-state index in [9.17, 15) is 4.79 Å². The molecule has 2 aliphatic heterocycles. The van der Waals surface area contributed by atoms with Crippen LogP contribution in [-0.4, -0.2) is 59.8 Å². The maximum atomic E-state index is 11.0. The third kappa shape index (κ3) is 2.04. The van der Waals surface area contributed by atoms with Crippen LogP contribution in [0.2, 0.25) is 0 Å². The lowest BCUT2D eigenvalue weighted by molar-refractivity contribution is -0.143. The third-order valence-corrected chi connectivity index (χ3v) is 4.05. The first-order chi connectivity index (χ1) is 6.79. The molecule has 0 aromatic rings. The summed E-state index contributed by atoms with van der Waals surface area (Å²) in [5.41, 5.74) is 0. The van der Waals surface area contributed by atoms with Gasteiger partial charge >= 0.3 is 5.97 Å². The Labute approximate surface area is 87.6 Å². The van der Waals surface area contributed by atoms with Gasteiger partial charge in [0.2, 0.25) is 0 Å². The molecule has 0 saturated carbocycles. The first-order valence-corrected chi connectivity index (χ1v) is 6.07. The van der Waals surface area contributed by atoms with Gasteiger partial charge in [0.25, 0.3) is 0 Å². The van der Waals surface area contributed by atoms with Crippen LogP contribution in [0.5, 0.6) is 0 Å². The van der Waals surface area contributed by atoms with Gasteiger partial charge in [0.15, 0.2) is 0 Å². The molecule has 80 valence electrons. The zero-order valence-corrected chi connectivity index (χ0v) is 8.83. The number of hydrogen-bond acceptors (Lipinski definition) is 4. The fourth-order valence-electron chi connectivity index (χ4n) is 2.05. The Hall–Kier alpha value is -0.260. The minimum Gasteiger partial charge on any atom is -0.481 e. The van der Waals surface area contributed by atoms with E-state index in [4.69, 9.17) is 9.84 Å². The average Bonchev–Trinajstić information content (AvgIpc) is 2.67. The molecule has 2 aliphatic rings. The SMILES string of the molecule is O=C(O)C1CSCC1N1CCOCC1. The quantitative estimate of drug-likeness (QED) is 0.712. The standard InChI is InChI=1S/C9H15NO3S/c11-9(12)7-5-14-6-8(7)10-1-3-13-4-2-10/h7-8H,1-6H2,(H,11,12). The summed E-state index contributed by atoms with van der Waals surface area (Å²) in [7, 11) is 0. The van der Waals surface area contributed by atoms with Crippen LogP contribution in [0.15, 0.2) is 0 Å². The lowest BCUT2D eigenvalue weighted by Gasteiger charge is -2.33. The van der Waals surface area contributed by atoms with Crippen molar-refractivity contribution in [2.45, 2.75) is 6.04 Å². The Balaban J connectivity index is 1.97. The van der Waals surface area contributed by atoms with Crippen molar-refractivity contribution >= 4 is 17.7 Å². The molecule has 2 saturated heterocycles. The number of ether oxygens (including phenoxy) is 1. The van der Waals surface area contributed by atoms with Crippen LogP contribution in [0.3, 0.4) is 0 Å². The second-order valence-corrected chi connectivity index (χ2v) is 4.77. The number of nitrogens with zero attached hydrogens (tertiary/aromatic N) is 1. The summed E-state index contributed by atoms with van der Waals surface area (Å²) < 4.78 is 5.26. The second kappa shape index (κ2) is 4.51. The normalized spacial score (nSPS) is 34.6. The molecular formula is C9H15NO3S. The fourth-order valence-corrected chi connectivity index (χ4v) is 3.49. The molecule has 2 fully saturated rings. The number of morpholine rings is 1. The van der Waals surface area contributed by atoms with Crippen molar-refractivity contribution in [3.63, 3.8) is 0 Å². The van der Waals surface area contributed by atoms with Crippen molar-refractivity contribution in [3.8, 4) is 0 Å². The Morgan fingerprint density at radius 2 is 2.07 bits per heavy atom. The highest BCUT2D eigenvalue weighted by atomic mass is 32.2. The third-order valence-electron chi connectivity index (χ3n) is 2.88. The van der Waals surface area contributed by atoms with Crippen LogP contribution < -0.4 is 0 Å². The van der Waals surface area contributed by atoms with Gasteiger partial charge in [0.05, 0.1) is 19.1 Å². The molecule has 2 rings (SSSR count). The maximum absolute atomic E-state index is 11.0. The average molecular weight is 217 g/mol. The monoisotopic (exact) mass is 217 g/mol. The van der Waals surface area contributed by atoms with Crippen molar-refractivity contribution in [2.24, 2.45) is 5.92 Å². The smallest absolute Gasteiger partial charge is 0.308 e. The second-order valence-electron chi connectivity index (χ2n) is 3.70. The number of hydrogen-bond donors (Lipinski definition) is 1. The molecule has 2 unspecified atom stereocenters. The minimum atomic E-state index is -0.647. The summed E-state index contributed by atoms with van der Waals surface area (Å²) in [4.78, 5) is 13.2. The maximum Gasteiger partial charge on any atom is 0.308 e. The van der Waals surface area contributed by atoms with E-state index >= 15 is 0 Å². The lowest BCUT2D eigenvalue weighted by atomic mass is 10.0. The first-order valence-electron chi connectivity index (χ1n) is 4.91. The van der Waals surface area contributed by atoms with Gasteiger partial charge in [-0.05, 0) is 0 Å². The molecule has 2 heterocycles. The number of carboxylic acid groups (broad SMARTS) is 1. The highest BCUT2D eigenvalue weighted by Gasteiger charge is 2.37. The highest BCUT2D eigenvalue weighted by Crippen LogP contribution is 2.28. The molecular weight excluding hydrogens is 202 g/mol. The Morgan fingerprint density at radius 3 is 2.71 bits per heavy atom. The van der Waals surface area contributed by atoms with Crippen LogP contribution in [0.4, 0.5) is 0 Å². The molecule has 0 aromatic carbocycles. The van der Waals surface area contributed by atoms with E-state index in [2.05, 4.69) is 4.90 Å². The number of carbonyl (C=O) groups is 1. The summed E-state index contributed by atoms with van der Waals surface area (Å²) in [6, 6.07) is 0.224. The number of aliphatic carboxylic acids is 1. The van der Waals surface area contributed by atoms with Crippen molar-refractivity contribution in [1.82, 2.24) is 4.90 Å². The van der Waals surface area contributed by atoms with Gasteiger partial charge in [-0.3, -0.25) is 9.69 Å². The molecule has 0 spiro atoms. The Bertz CT molecular complexity index is 218. The Kier molecular flexibility index (Phi) is 3.30. The fraction of sp³-hybridized carbons (Fsp3) is 0.889. The molecule has 4 nitrogen and oxygen atoms in total. The van der Waals surface area contributed by atoms with E-state index in [1.165, 1.54) is 0 Å². The van der Waals surface area contributed by atoms with Gasteiger partial charge in [0.1, 0.15) is 0 Å². The molecule has 0 aromatic heterocycles. The van der Waals surface area contributed by atoms with Gasteiger partial charge in [-0.15, -0.1) is 0 Å². The van der Waals surface area contributed by atoms with Gasteiger partial charge in [-0.1, -0.05) is 0 Å².